The molecule has 0 radical (unpaired) electrons. The molecular weight excluding hydrogens is 462 g/mol. The second kappa shape index (κ2) is 9.21. The van der Waals surface area contributed by atoms with Crippen molar-refractivity contribution in [3.05, 3.63) is 52.5 Å². The van der Waals surface area contributed by atoms with Gasteiger partial charge in [0.05, 0.1) is 16.5 Å². The summed E-state index contributed by atoms with van der Waals surface area (Å²) in [5, 5.41) is 9.55. The molecule has 1 atom stereocenters. The van der Waals surface area contributed by atoms with Crippen LogP contribution in [0.15, 0.2) is 36.4 Å². The van der Waals surface area contributed by atoms with E-state index in [0.29, 0.717) is 12.8 Å². The van der Waals surface area contributed by atoms with Gasteiger partial charge in [-0.25, -0.2) is 0 Å². The zero-order valence-corrected chi connectivity index (χ0v) is 17.3. The van der Waals surface area contributed by atoms with E-state index < -0.39 is 36.4 Å². The van der Waals surface area contributed by atoms with E-state index in [1.807, 2.05) is 0 Å². The van der Waals surface area contributed by atoms with Crippen LogP contribution in [-0.2, 0) is 11.0 Å². The van der Waals surface area contributed by atoms with Crippen LogP contribution in [0.4, 0.5) is 26.3 Å². The van der Waals surface area contributed by atoms with E-state index in [4.69, 9.17) is 16.3 Å². The quantitative estimate of drug-likeness (QED) is 0.440. The second-order valence-corrected chi connectivity index (χ2v) is 8.13. The zero-order chi connectivity index (χ0) is 23.7. The van der Waals surface area contributed by atoms with Gasteiger partial charge in [0, 0.05) is 5.56 Å². The molecule has 2 aromatic rings. The number of benzene rings is 2. The summed E-state index contributed by atoms with van der Waals surface area (Å²) >= 11 is 6.21. The first-order chi connectivity index (χ1) is 14.9. The molecule has 10 heteroatoms. The number of hydrogen-bond acceptors (Lipinski definition) is 2. The van der Waals surface area contributed by atoms with Crippen molar-refractivity contribution in [1.29, 1.82) is 0 Å². The molecule has 0 aromatic heterocycles. The molecule has 0 saturated heterocycles. The average molecular weight is 481 g/mol. The summed E-state index contributed by atoms with van der Waals surface area (Å²) in [6.07, 6.45) is -6.19. The maximum Gasteiger partial charge on any atom is 0.422 e. The Morgan fingerprint density at radius 2 is 1.66 bits per heavy atom. The third-order valence-corrected chi connectivity index (χ3v) is 5.75. The Hall–Kier alpha value is -2.42. The Labute approximate surface area is 184 Å². The van der Waals surface area contributed by atoms with Gasteiger partial charge in [-0.15, -0.1) is 0 Å². The zero-order valence-electron chi connectivity index (χ0n) is 16.6. The summed E-state index contributed by atoms with van der Waals surface area (Å²) in [5.74, 6) is -2.59. The highest BCUT2D eigenvalue weighted by Crippen LogP contribution is 2.44. The predicted octanol–water partition coefficient (Wildman–Crippen LogP) is 7.33. The second-order valence-electron chi connectivity index (χ2n) is 7.72. The van der Waals surface area contributed by atoms with Gasteiger partial charge in [-0.1, -0.05) is 36.6 Å². The Morgan fingerprint density at radius 1 is 1.06 bits per heavy atom. The van der Waals surface area contributed by atoms with Gasteiger partial charge in [0.15, 0.2) is 6.61 Å². The van der Waals surface area contributed by atoms with Crippen molar-refractivity contribution in [2.45, 2.75) is 44.0 Å². The minimum Gasteiger partial charge on any atom is -0.482 e. The molecule has 0 heterocycles. The molecule has 2 aromatic carbocycles. The predicted molar refractivity (Wildman–Crippen MR) is 106 cm³/mol. The van der Waals surface area contributed by atoms with Crippen LogP contribution in [0.3, 0.4) is 0 Å². The first-order valence-electron chi connectivity index (χ1n) is 9.80. The summed E-state index contributed by atoms with van der Waals surface area (Å²) < 4.78 is 81.8. The van der Waals surface area contributed by atoms with E-state index in [-0.39, 0.29) is 33.4 Å². The summed E-state index contributed by atoms with van der Waals surface area (Å²) in [5.41, 5.74) is -0.552. The van der Waals surface area contributed by atoms with E-state index >= 15 is 0 Å². The van der Waals surface area contributed by atoms with Crippen LogP contribution < -0.4 is 4.74 Å². The van der Waals surface area contributed by atoms with Gasteiger partial charge in [-0.3, -0.25) is 4.79 Å². The molecular formula is C22H19ClF6O3. The van der Waals surface area contributed by atoms with E-state index in [2.05, 4.69) is 0 Å². The molecule has 3 rings (SSSR count). The first kappa shape index (κ1) is 24.2. The lowest BCUT2D eigenvalue weighted by Crippen LogP contribution is -2.21. The lowest BCUT2D eigenvalue weighted by Gasteiger charge is -2.23. The van der Waals surface area contributed by atoms with E-state index in [1.54, 1.807) is 0 Å². The Kier molecular flexibility index (Phi) is 6.97. The van der Waals surface area contributed by atoms with Crippen molar-refractivity contribution in [3.63, 3.8) is 0 Å². The number of halogens is 7. The van der Waals surface area contributed by atoms with E-state index in [1.165, 1.54) is 12.1 Å². The number of ether oxygens (including phenoxy) is 1. The van der Waals surface area contributed by atoms with Gasteiger partial charge < -0.3 is 9.84 Å². The highest BCUT2D eigenvalue weighted by molar-refractivity contribution is 6.32. The van der Waals surface area contributed by atoms with E-state index in [9.17, 15) is 36.2 Å². The lowest BCUT2D eigenvalue weighted by atomic mass is 9.83. The third-order valence-electron chi connectivity index (χ3n) is 5.47. The van der Waals surface area contributed by atoms with E-state index in [0.717, 1.165) is 37.1 Å². The summed E-state index contributed by atoms with van der Waals surface area (Å²) in [4.78, 5) is 12.0. The number of carbonyl (C=O) groups is 1. The fourth-order valence-corrected chi connectivity index (χ4v) is 4.34. The lowest BCUT2D eigenvalue weighted by molar-refractivity contribution is -0.153. The van der Waals surface area contributed by atoms with Crippen molar-refractivity contribution in [2.75, 3.05) is 6.61 Å². The number of hydrogen-bond donors (Lipinski definition) is 1. The van der Waals surface area contributed by atoms with Gasteiger partial charge in [0.25, 0.3) is 0 Å². The standard InChI is InChI=1S/C22H19ClF6O3/c23-17-10-14(18(20(30)31)13-3-1-2-4-13)9-16(19(17)32-11-21(24,25)26)12-5-7-15(8-6-12)22(27,28)29/h5-10,13,18H,1-4,11H2,(H,30,31)/t18-/m0/s1. The number of carboxylic acids is 1. The normalized spacial score (nSPS) is 16.2. The largest absolute Gasteiger partial charge is 0.482 e. The minimum atomic E-state index is -4.67. The van der Waals surface area contributed by atoms with Crippen LogP contribution in [0.5, 0.6) is 5.75 Å². The van der Waals surface area contributed by atoms with Crippen molar-refractivity contribution >= 4 is 17.6 Å². The fraction of sp³-hybridized carbons (Fsp3) is 0.409. The van der Waals surface area contributed by atoms with Crippen molar-refractivity contribution < 1.29 is 41.0 Å². The van der Waals surface area contributed by atoms with Gasteiger partial charge in [0.1, 0.15) is 5.75 Å². The maximum atomic E-state index is 12.9. The van der Waals surface area contributed by atoms with Gasteiger partial charge in [-0.05, 0) is 54.2 Å². The van der Waals surface area contributed by atoms with Crippen molar-refractivity contribution in [3.8, 4) is 16.9 Å². The number of alkyl halides is 6. The number of rotatable bonds is 6. The smallest absolute Gasteiger partial charge is 0.422 e. The van der Waals surface area contributed by atoms with Crippen LogP contribution in [0.2, 0.25) is 5.02 Å². The maximum absolute atomic E-state index is 12.9. The molecule has 0 amide bonds. The molecule has 1 saturated carbocycles. The molecule has 0 bridgehead atoms. The molecule has 1 N–H and O–H groups in total. The van der Waals surface area contributed by atoms with Crippen LogP contribution in [0.25, 0.3) is 11.1 Å². The Balaban J connectivity index is 2.11. The van der Waals surface area contributed by atoms with Crippen molar-refractivity contribution in [1.82, 2.24) is 0 Å². The molecule has 1 aliphatic rings. The summed E-state index contributed by atoms with van der Waals surface area (Å²) in [7, 11) is 0. The van der Waals surface area contributed by atoms with Crippen molar-refractivity contribution in [2.24, 2.45) is 5.92 Å². The molecule has 1 fully saturated rings. The van der Waals surface area contributed by atoms with Crippen LogP contribution in [0, 0.1) is 5.92 Å². The molecule has 0 unspecified atom stereocenters. The Morgan fingerprint density at radius 3 is 2.16 bits per heavy atom. The highest BCUT2D eigenvalue weighted by Gasteiger charge is 2.35. The molecule has 174 valence electrons. The minimum absolute atomic E-state index is 0.00489. The third kappa shape index (κ3) is 5.68. The van der Waals surface area contributed by atoms with Crippen LogP contribution in [-0.4, -0.2) is 23.9 Å². The van der Waals surface area contributed by atoms with Gasteiger partial charge in [-0.2, -0.15) is 26.3 Å². The van der Waals surface area contributed by atoms with Crippen LogP contribution >= 0.6 is 11.6 Å². The number of aliphatic carboxylic acids is 1. The van der Waals surface area contributed by atoms with Gasteiger partial charge in [0.2, 0.25) is 0 Å². The highest BCUT2D eigenvalue weighted by atomic mass is 35.5. The van der Waals surface area contributed by atoms with Crippen LogP contribution in [0.1, 0.15) is 42.7 Å². The molecule has 3 nitrogen and oxygen atoms in total. The topological polar surface area (TPSA) is 46.5 Å². The number of carboxylic acid groups (broad SMARTS) is 1. The molecule has 1 aliphatic carbocycles. The monoisotopic (exact) mass is 480 g/mol. The summed E-state index contributed by atoms with van der Waals surface area (Å²) in [6, 6.07) is 6.35. The first-order valence-corrected chi connectivity index (χ1v) is 10.2. The SMILES string of the molecule is O=C(O)[C@H](c1cc(Cl)c(OCC(F)(F)F)c(-c2ccc(C(F)(F)F)cc2)c1)C1CCCC1. The molecule has 32 heavy (non-hydrogen) atoms. The summed E-state index contributed by atoms with van der Waals surface area (Å²) in [6.45, 7) is -1.66. The fourth-order valence-electron chi connectivity index (χ4n) is 4.05. The molecule has 0 aliphatic heterocycles. The average Bonchev–Trinajstić information content (AvgIpc) is 3.19. The molecule has 0 spiro atoms. The van der Waals surface area contributed by atoms with Gasteiger partial charge >= 0.3 is 18.3 Å². The Bertz CT molecular complexity index is 963.